The van der Waals surface area contributed by atoms with Crippen molar-refractivity contribution in [2.24, 2.45) is 0 Å². The number of hydrogen-bond donors (Lipinski definition) is 0. The summed E-state index contributed by atoms with van der Waals surface area (Å²) in [5.74, 6) is -1.23. The summed E-state index contributed by atoms with van der Waals surface area (Å²) in [5.41, 5.74) is 4.85. The van der Waals surface area contributed by atoms with Gasteiger partial charge in [-0.05, 0) is 59.4 Å². The Morgan fingerprint density at radius 3 is 2.07 bits per heavy atom. The van der Waals surface area contributed by atoms with Crippen LogP contribution in [0.25, 0.3) is 0 Å². The predicted octanol–water partition coefficient (Wildman–Crippen LogP) is 5.01. The van der Waals surface area contributed by atoms with Crippen molar-refractivity contribution in [3.05, 3.63) is 57.9 Å². The Morgan fingerprint density at radius 1 is 1.00 bits per heavy atom. The van der Waals surface area contributed by atoms with Gasteiger partial charge in [-0.25, -0.2) is 9.59 Å². The number of allylic oxidation sites excluding steroid dienone is 2. The lowest BCUT2D eigenvalue weighted by molar-refractivity contribution is -0.143. The normalized spacial score (nSPS) is 19.4. The molecule has 1 aromatic carbocycles. The van der Waals surface area contributed by atoms with E-state index in [9.17, 15) is 9.59 Å². The van der Waals surface area contributed by atoms with Crippen LogP contribution in [-0.2, 0) is 19.1 Å². The number of hydrogen-bond acceptors (Lipinski definition) is 5. The van der Waals surface area contributed by atoms with Gasteiger partial charge in [0.2, 0.25) is 0 Å². The van der Waals surface area contributed by atoms with Gasteiger partial charge in [0.15, 0.2) is 0 Å². The molecule has 1 atom stereocenters. The van der Waals surface area contributed by atoms with Gasteiger partial charge in [-0.1, -0.05) is 36.8 Å². The monoisotopic (exact) mass is 411 g/mol. The van der Waals surface area contributed by atoms with Gasteiger partial charge in [-0.3, -0.25) is 0 Å². The average Bonchev–Trinajstić information content (AvgIpc) is 3.50. The molecule has 0 aromatic heterocycles. The minimum absolute atomic E-state index is 0.242. The molecule has 5 nitrogen and oxygen atoms in total. The first-order valence-corrected chi connectivity index (χ1v) is 10.9. The van der Waals surface area contributed by atoms with E-state index in [2.05, 4.69) is 4.90 Å². The number of nitrogens with zero attached hydrogens (tertiary/aromatic N) is 1. The maximum absolute atomic E-state index is 13.3. The zero-order valence-corrected chi connectivity index (χ0v) is 19.0. The number of carbonyl (C=O) groups is 2. The van der Waals surface area contributed by atoms with Crippen molar-refractivity contribution in [2.75, 3.05) is 6.61 Å². The second-order valence-electron chi connectivity index (χ2n) is 8.53. The molecule has 1 unspecified atom stereocenters. The Morgan fingerprint density at radius 2 is 1.57 bits per heavy atom. The van der Waals surface area contributed by atoms with E-state index in [1.54, 1.807) is 0 Å². The van der Waals surface area contributed by atoms with Crippen molar-refractivity contribution in [2.45, 2.75) is 78.9 Å². The van der Waals surface area contributed by atoms with Gasteiger partial charge in [-0.15, -0.1) is 0 Å². The third-order valence-electron chi connectivity index (χ3n) is 5.62. The minimum Gasteiger partial charge on any atom is -0.462 e. The highest BCUT2D eigenvalue weighted by molar-refractivity contribution is 6.00. The molecule has 1 aliphatic heterocycles. The molecule has 0 radical (unpaired) electrons. The summed E-state index contributed by atoms with van der Waals surface area (Å²) in [6.07, 6.45) is 2.60. The zero-order valence-electron chi connectivity index (χ0n) is 19.0. The fraction of sp³-hybridized carbons (Fsp3) is 0.520. The molecule has 1 heterocycles. The first kappa shape index (κ1) is 22.1. The van der Waals surface area contributed by atoms with E-state index in [-0.39, 0.29) is 18.0 Å². The van der Waals surface area contributed by atoms with E-state index >= 15 is 0 Å². The van der Waals surface area contributed by atoms with Crippen molar-refractivity contribution in [1.29, 1.82) is 0 Å². The Labute approximate surface area is 179 Å². The number of ether oxygens (including phenoxy) is 2. The molecule has 0 N–H and O–H groups in total. The van der Waals surface area contributed by atoms with Crippen LogP contribution in [0.15, 0.2) is 46.8 Å². The van der Waals surface area contributed by atoms with Crippen LogP contribution in [0.4, 0.5) is 0 Å². The Kier molecular flexibility index (Phi) is 6.69. The van der Waals surface area contributed by atoms with Crippen molar-refractivity contribution < 1.29 is 19.1 Å². The topological polar surface area (TPSA) is 55.8 Å². The summed E-state index contributed by atoms with van der Waals surface area (Å²) in [7, 11) is 0. The zero-order chi connectivity index (χ0) is 22.0. The second kappa shape index (κ2) is 9.07. The molecule has 162 valence electrons. The molecule has 2 aliphatic rings. The average molecular weight is 412 g/mol. The van der Waals surface area contributed by atoms with E-state index < -0.39 is 5.92 Å². The highest BCUT2D eigenvalue weighted by atomic mass is 16.5. The van der Waals surface area contributed by atoms with Gasteiger partial charge in [0.25, 0.3) is 0 Å². The lowest BCUT2D eigenvalue weighted by atomic mass is 9.79. The first-order valence-electron chi connectivity index (χ1n) is 10.9. The molecule has 0 saturated heterocycles. The number of aryl methyl sites for hydroxylation is 1. The standard InChI is InChI=1S/C25H33NO4/c1-7-14-29-24(27)21-17(5)26(20-12-13-20)18(6)22(25(28)30-15(2)3)23(21)19-10-8-16(4)9-11-19/h8-11,15,20,23H,7,12-14H2,1-6H3. The maximum Gasteiger partial charge on any atom is 0.337 e. The van der Waals surface area contributed by atoms with Crippen molar-refractivity contribution in [1.82, 2.24) is 4.90 Å². The Balaban J connectivity index is 2.18. The Bertz CT molecular complexity index is 875. The Hall–Kier alpha value is -2.56. The van der Waals surface area contributed by atoms with E-state index in [4.69, 9.17) is 9.47 Å². The molecular formula is C25H33NO4. The highest BCUT2D eigenvalue weighted by Gasteiger charge is 2.44. The summed E-state index contributed by atoms with van der Waals surface area (Å²) in [5, 5.41) is 0. The van der Waals surface area contributed by atoms with Crippen molar-refractivity contribution >= 4 is 11.9 Å². The van der Waals surface area contributed by atoms with Crippen LogP contribution < -0.4 is 0 Å². The summed E-state index contributed by atoms with van der Waals surface area (Å²) >= 11 is 0. The van der Waals surface area contributed by atoms with E-state index in [1.807, 2.05) is 65.8 Å². The smallest absolute Gasteiger partial charge is 0.337 e. The number of benzene rings is 1. The molecule has 1 saturated carbocycles. The van der Waals surface area contributed by atoms with Gasteiger partial charge in [0.05, 0.1) is 29.8 Å². The number of esters is 2. The van der Waals surface area contributed by atoms with Crippen LogP contribution in [0, 0.1) is 6.92 Å². The third kappa shape index (κ3) is 4.45. The van der Waals surface area contributed by atoms with E-state index in [0.29, 0.717) is 23.8 Å². The van der Waals surface area contributed by atoms with Crippen LogP contribution in [0.3, 0.4) is 0 Å². The molecule has 1 aromatic rings. The van der Waals surface area contributed by atoms with Gasteiger partial charge in [-0.2, -0.15) is 0 Å². The highest BCUT2D eigenvalue weighted by Crippen LogP contribution is 2.46. The van der Waals surface area contributed by atoms with Crippen molar-refractivity contribution in [3.63, 3.8) is 0 Å². The largest absolute Gasteiger partial charge is 0.462 e. The van der Waals surface area contributed by atoms with Crippen LogP contribution >= 0.6 is 0 Å². The third-order valence-corrected chi connectivity index (χ3v) is 5.62. The summed E-state index contributed by atoms with van der Waals surface area (Å²) in [6, 6.07) is 8.31. The van der Waals surface area contributed by atoms with Crippen LogP contribution in [-0.4, -0.2) is 35.6 Å². The van der Waals surface area contributed by atoms with E-state index in [1.165, 1.54) is 0 Å². The number of rotatable bonds is 7. The minimum atomic E-state index is -0.504. The predicted molar refractivity (Wildman–Crippen MR) is 117 cm³/mol. The van der Waals surface area contributed by atoms with Crippen molar-refractivity contribution in [3.8, 4) is 0 Å². The van der Waals surface area contributed by atoms with Crippen LogP contribution in [0.2, 0.25) is 0 Å². The molecule has 1 aliphatic carbocycles. The van der Waals surface area contributed by atoms with Gasteiger partial charge < -0.3 is 14.4 Å². The SMILES string of the molecule is CCCOC(=O)C1=C(C)N(C2CC2)C(C)=C(C(=O)OC(C)C)C1c1ccc(C)cc1. The molecule has 0 amide bonds. The fourth-order valence-corrected chi connectivity index (χ4v) is 4.13. The second-order valence-corrected chi connectivity index (χ2v) is 8.53. The summed E-state index contributed by atoms with van der Waals surface area (Å²) in [6.45, 7) is 12.0. The number of carbonyl (C=O) groups excluding carboxylic acids is 2. The van der Waals surface area contributed by atoms with E-state index in [0.717, 1.165) is 41.8 Å². The molecule has 1 fully saturated rings. The first-order chi connectivity index (χ1) is 14.3. The summed E-state index contributed by atoms with van der Waals surface area (Å²) in [4.78, 5) is 28.6. The fourth-order valence-electron chi connectivity index (χ4n) is 4.13. The molecule has 30 heavy (non-hydrogen) atoms. The van der Waals surface area contributed by atoms with Gasteiger partial charge in [0, 0.05) is 17.4 Å². The molecule has 0 spiro atoms. The lowest BCUT2D eigenvalue weighted by Gasteiger charge is -2.38. The van der Waals surface area contributed by atoms with Gasteiger partial charge in [0.1, 0.15) is 0 Å². The quantitative estimate of drug-likeness (QED) is 0.591. The molecular weight excluding hydrogens is 378 g/mol. The molecule has 5 heteroatoms. The maximum atomic E-state index is 13.3. The van der Waals surface area contributed by atoms with Crippen LogP contribution in [0.1, 0.15) is 70.9 Å². The van der Waals surface area contributed by atoms with Crippen LogP contribution in [0.5, 0.6) is 0 Å². The van der Waals surface area contributed by atoms with Gasteiger partial charge >= 0.3 is 11.9 Å². The summed E-state index contributed by atoms with van der Waals surface area (Å²) < 4.78 is 11.2. The molecule has 0 bridgehead atoms. The lowest BCUT2D eigenvalue weighted by Crippen LogP contribution is -2.37. The molecule has 3 rings (SSSR count).